The summed E-state index contributed by atoms with van der Waals surface area (Å²) in [5.41, 5.74) is 0.780. The summed E-state index contributed by atoms with van der Waals surface area (Å²) >= 11 is 5.90. The maximum Gasteiger partial charge on any atom is 0.120 e. The number of aromatic hydroxyl groups is 1. The highest BCUT2D eigenvalue weighted by Gasteiger charge is 2.04. The zero-order valence-corrected chi connectivity index (χ0v) is 9.37. The van der Waals surface area contributed by atoms with Crippen molar-refractivity contribution in [1.29, 1.82) is 0 Å². The first kappa shape index (κ1) is 11.0. The number of benzene rings is 2. The van der Waals surface area contributed by atoms with Crippen molar-refractivity contribution in [1.82, 2.24) is 0 Å². The van der Waals surface area contributed by atoms with E-state index < -0.39 is 0 Å². The van der Waals surface area contributed by atoms with Gasteiger partial charge in [-0.15, -0.1) is 0 Å². The van der Waals surface area contributed by atoms with Gasteiger partial charge in [-0.05, 0) is 47.0 Å². The molecule has 0 aromatic heterocycles. The van der Waals surface area contributed by atoms with E-state index in [0.29, 0.717) is 17.9 Å². The molecule has 1 N–H and O–H groups in total. The Morgan fingerprint density at radius 3 is 2.75 bits per heavy atom. The van der Waals surface area contributed by atoms with Gasteiger partial charge in [-0.3, -0.25) is 0 Å². The Morgan fingerprint density at radius 2 is 2.00 bits per heavy atom. The number of phenols is 1. The van der Waals surface area contributed by atoms with E-state index in [-0.39, 0.29) is 5.75 Å². The molecule has 0 unspecified atom stereocenters. The van der Waals surface area contributed by atoms with Crippen LogP contribution in [0, 0.1) is 0 Å². The smallest absolute Gasteiger partial charge is 0.120 e. The van der Waals surface area contributed by atoms with Crippen LogP contribution in [0.4, 0.5) is 0 Å². The van der Waals surface area contributed by atoms with Gasteiger partial charge in [0.05, 0.1) is 0 Å². The molecule has 0 saturated heterocycles. The lowest BCUT2D eigenvalue weighted by Gasteiger charge is -2.05. The Hall–Kier alpha value is -1.54. The van der Waals surface area contributed by atoms with Gasteiger partial charge in [-0.2, -0.15) is 0 Å². The SMILES string of the molecule is O=CCCc1cc2cc(Cl)ccc2cc1O. The minimum atomic E-state index is 0.233. The van der Waals surface area contributed by atoms with Crippen LogP contribution in [-0.4, -0.2) is 11.4 Å². The van der Waals surface area contributed by atoms with Crippen LogP contribution in [0.2, 0.25) is 5.02 Å². The van der Waals surface area contributed by atoms with Crippen LogP contribution >= 0.6 is 11.6 Å². The Balaban J connectivity index is 2.50. The highest BCUT2D eigenvalue weighted by molar-refractivity contribution is 6.31. The fraction of sp³-hybridized carbons (Fsp3) is 0.154. The van der Waals surface area contributed by atoms with E-state index in [4.69, 9.17) is 11.6 Å². The van der Waals surface area contributed by atoms with E-state index in [9.17, 15) is 9.90 Å². The molecule has 0 amide bonds. The van der Waals surface area contributed by atoms with Crippen LogP contribution in [0.3, 0.4) is 0 Å². The number of carbonyl (C=O) groups is 1. The molecule has 82 valence electrons. The summed E-state index contributed by atoms with van der Waals surface area (Å²) in [5.74, 6) is 0.233. The minimum Gasteiger partial charge on any atom is -0.508 e. The maximum absolute atomic E-state index is 10.3. The van der Waals surface area contributed by atoms with Crippen molar-refractivity contribution >= 4 is 28.7 Å². The van der Waals surface area contributed by atoms with Crippen LogP contribution in [-0.2, 0) is 11.2 Å². The molecular formula is C13H11ClO2. The van der Waals surface area contributed by atoms with Crippen molar-refractivity contribution in [3.8, 4) is 5.75 Å². The molecule has 2 aromatic rings. The predicted molar refractivity (Wildman–Crippen MR) is 65.0 cm³/mol. The molecule has 0 heterocycles. The number of phenolic OH excluding ortho intramolecular Hbond substituents is 1. The van der Waals surface area contributed by atoms with Crippen molar-refractivity contribution in [2.75, 3.05) is 0 Å². The van der Waals surface area contributed by atoms with Gasteiger partial charge in [0.25, 0.3) is 0 Å². The molecule has 0 aliphatic carbocycles. The number of rotatable bonds is 3. The van der Waals surface area contributed by atoms with Gasteiger partial charge >= 0.3 is 0 Å². The molecule has 0 bridgehead atoms. The molecular weight excluding hydrogens is 224 g/mol. The molecule has 0 saturated carbocycles. The van der Waals surface area contributed by atoms with Gasteiger partial charge in [0.15, 0.2) is 0 Å². The summed E-state index contributed by atoms with van der Waals surface area (Å²) in [7, 11) is 0. The highest BCUT2D eigenvalue weighted by Crippen LogP contribution is 2.27. The molecule has 2 nitrogen and oxygen atoms in total. The Kier molecular flexibility index (Phi) is 3.11. The zero-order chi connectivity index (χ0) is 11.5. The van der Waals surface area contributed by atoms with Crippen molar-refractivity contribution in [2.24, 2.45) is 0 Å². The number of hydrogen-bond acceptors (Lipinski definition) is 2. The van der Waals surface area contributed by atoms with Crippen LogP contribution in [0.5, 0.6) is 5.75 Å². The summed E-state index contributed by atoms with van der Waals surface area (Å²) in [6.07, 6.45) is 1.82. The normalized spacial score (nSPS) is 10.6. The fourth-order valence-corrected chi connectivity index (χ4v) is 1.90. The summed E-state index contributed by atoms with van der Waals surface area (Å²) in [4.78, 5) is 10.3. The molecule has 3 heteroatoms. The predicted octanol–water partition coefficient (Wildman–Crippen LogP) is 3.33. The number of halogens is 1. The van der Waals surface area contributed by atoms with Gasteiger partial charge in [-0.25, -0.2) is 0 Å². The number of carbonyl (C=O) groups excluding carboxylic acids is 1. The van der Waals surface area contributed by atoms with Crippen molar-refractivity contribution < 1.29 is 9.90 Å². The molecule has 2 aromatic carbocycles. The molecule has 2 rings (SSSR count). The summed E-state index contributed by atoms with van der Waals surface area (Å²) in [5, 5.41) is 12.3. The Bertz CT molecular complexity index is 535. The molecule has 0 aliphatic heterocycles. The van der Waals surface area contributed by atoms with Crippen LogP contribution in [0.25, 0.3) is 10.8 Å². The van der Waals surface area contributed by atoms with Crippen molar-refractivity contribution in [3.63, 3.8) is 0 Å². The average molecular weight is 235 g/mol. The first-order valence-electron chi connectivity index (χ1n) is 5.05. The third-order valence-corrected chi connectivity index (χ3v) is 2.77. The van der Waals surface area contributed by atoms with Crippen LogP contribution in [0.15, 0.2) is 30.3 Å². The van der Waals surface area contributed by atoms with Crippen molar-refractivity contribution in [2.45, 2.75) is 12.8 Å². The first-order chi connectivity index (χ1) is 7.70. The molecule has 0 spiro atoms. The van der Waals surface area contributed by atoms with Gasteiger partial charge in [0, 0.05) is 11.4 Å². The van der Waals surface area contributed by atoms with Crippen LogP contribution < -0.4 is 0 Å². The van der Waals surface area contributed by atoms with Gasteiger partial charge in [0.1, 0.15) is 12.0 Å². The third kappa shape index (κ3) is 2.17. The average Bonchev–Trinajstić information content (AvgIpc) is 2.27. The Labute approximate surface area is 98.5 Å². The summed E-state index contributed by atoms with van der Waals surface area (Å²) in [6.45, 7) is 0. The van der Waals surface area contributed by atoms with Gasteiger partial charge in [0.2, 0.25) is 0 Å². The summed E-state index contributed by atoms with van der Waals surface area (Å²) < 4.78 is 0. The van der Waals surface area contributed by atoms with Gasteiger partial charge in [-0.1, -0.05) is 17.7 Å². The molecule has 0 radical (unpaired) electrons. The largest absolute Gasteiger partial charge is 0.508 e. The van der Waals surface area contributed by atoms with Gasteiger partial charge < -0.3 is 9.90 Å². The van der Waals surface area contributed by atoms with E-state index in [1.807, 2.05) is 18.2 Å². The van der Waals surface area contributed by atoms with Crippen molar-refractivity contribution in [3.05, 3.63) is 40.9 Å². The number of aryl methyl sites for hydroxylation is 1. The number of hydrogen-bond donors (Lipinski definition) is 1. The second kappa shape index (κ2) is 4.54. The fourth-order valence-electron chi connectivity index (χ4n) is 1.72. The standard InChI is InChI=1S/C13H11ClO2/c14-12-4-3-9-8-13(16)10(2-1-5-15)6-11(9)7-12/h3-8,16H,1-2H2. The topological polar surface area (TPSA) is 37.3 Å². The monoisotopic (exact) mass is 234 g/mol. The maximum atomic E-state index is 10.3. The van der Waals surface area contributed by atoms with E-state index in [2.05, 4.69) is 0 Å². The van der Waals surface area contributed by atoms with Crippen LogP contribution in [0.1, 0.15) is 12.0 Å². The number of fused-ring (bicyclic) bond motifs is 1. The van der Waals surface area contributed by atoms with E-state index in [1.54, 1.807) is 12.1 Å². The Morgan fingerprint density at radius 1 is 1.19 bits per heavy atom. The summed E-state index contributed by atoms with van der Waals surface area (Å²) in [6, 6.07) is 9.07. The molecule has 0 aliphatic rings. The highest BCUT2D eigenvalue weighted by atomic mass is 35.5. The second-order valence-corrected chi connectivity index (χ2v) is 4.11. The quantitative estimate of drug-likeness (QED) is 0.828. The molecule has 16 heavy (non-hydrogen) atoms. The zero-order valence-electron chi connectivity index (χ0n) is 8.61. The third-order valence-electron chi connectivity index (χ3n) is 2.53. The molecule has 0 atom stereocenters. The first-order valence-corrected chi connectivity index (χ1v) is 5.43. The van der Waals surface area contributed by atoms with E-state index in [0.717, 1.165) is 22.6 Å². The molecule has 0 fully saturated rings. The van der Waals surface area contributed by atoms with E-state index >= 15 is 0 Å². The lowest BCUT2D eigenvalue weighted by atomic mass is 10.0. The minimum absolute atomic E-state index is 0.233. The van der Waals surface area contributed by atoms with E-state index in [1.165, 1.54) is 0 Å². The number of aldehydes is 1. The lowest BCUT2D eigenvalue weighted by molar-refractivity contribution is -0.107. The lowest BCUT2D eigenvalue weighted by Crippen LogP contribution is -1.87. The second-order valence-electron chi connectivity index (χ2n) is 3.68.